The van der Waals surface area contributed by atoms with Gasteiger partial charge in [0.1, 0.15) is 25.7 Å². The maximum Gasteiger partial charge on any atom is 0.437 e. The number of fused-ring (bicyclic) bond motifs is 2. The maximum atomic E-state index is 12.6. The van der Waals surface area contributed by atoms with E-state index in [9.17, 15) is 19.2 Å². The van der Waals surface area contributed by atoms with E-state index in [-0.39, 0.29) is 48.1 Å². The Morgan fingerprint density at radius 1 is 0.712 bits per heavy atom. The van der Waals surface area contributed by atoms with Crippen LogP contribution < -0.4 is 22.6 Å². The first kappa shape index (κ1) is 39.4. The number of imidazole rings is 2. The third kappa shape index (κ3) is 8.43. The Labute approximate surface area is 342 Å². The van der Waals surface area contributed by atoms with Crippen LogP contribution in [0.2, 0.25) is 10.0 Å². The van der Waals surface area contributed by atoms with Crippen molar-refractivity contribution in [1.82, 2.24) is 58.2 Å². The fourth-order valence-electron chi connectivity index (χ4n) is 7.05. The fourth-order valence-corrected chi connectivity index (χ4v) is 7.45. The van der Waals surface area contributed by atoms with Crippen LogP contribution in [-0.2, 0) is 27.2 Å². The van der Waals surface area contributed by atoms with Crippen molar-refractivity contribution in [3.05, 3.63) is 149 Å². The van der Waals surface area contributed by atoms with Crippen molar-refractivity contribution in [2.24, 2.45) is 14.1 Å². The van der Waals surface area contributed by atoms with E-state index in [1.807, 2.05) is 42.5 Å². The zero-order valence-electron chi connectivity index (χ0n) is 31.6. The summed E-state index contributed by atoms with van der Waals surface area (Å²) in [6.45, 7) is 0.0608. The highest BCUT2D eigenvalue weighted by Gasteiger charge is 2.34. The van der Waals surface area contributed by atoms with Crippen LogP contribution in [0.3, 0.4) is 0 Å². The molecule has 10 rings (SSSR count). The molecule has 0 aliphatic heterocycles. The zero-order valence-corrected chi connectivity index (χ0v) is 33.1. The molecular formula is C38H36Cl2N12O7. The van der Waals surface area contributed by atoms with E-state index in [0.29, 0.717) is 39.2 Å². The summed E-state index contributed by atoms with van der Waals surface area (Å²) >= 11 is 11.9. The van der Waals surface area contributed by atoms with Gasteiger partial charge in [0.05, 0.1) is 24.8 Å². The van der Waals surface area contributed by atoms with Gasteiger partial charge in [-0.3, -0.25) is 18.7 Å². The summed E-state index contributed by atoms with van der Waals surface area (Å²) in [7, 11) is 3.43. The summed E-state index contributed by atoms with van der Waals surface area (Å²) in [6.07, 6.45) is 9.03. The molecule has 21 heteroatoms. The molecule has 0 radical (unpaired) electrons. The highest BCUT2D eigenvalue weighted by Crippen LogP contribution is 2.44. The summed E-state index contributed by atoms with van der Waals surface area (Å²) in [5, 5.41) is 20.7. The smallest absolute Gasteiger partial charge is 0.393 e. The minimum absolute atomic E-state index is 0.0274. The minimum atomic E-state index is -0.660. The molecule has 0 amide bonds. The van der Waals surface area contributed by atoms with Crippen molar-refractivity contribution in [3.8, 4) is 0 Å². The predicted octanol–water partition coefficient (Wildman–Crippen LogP) is 3.53. The Kier molecular flexibility index (Phi) is 11.0. The third-order valence-electron chi connectivity index (χ3n) is 10.3. The molecule has 2 fully saturated rings. The molecule has 2 aliphatic rings. The van der Waals surface area contributed by atoms with Gasteiger partial charge < -0.3 is 23.1 Å². The number of aromatic nitrogens is 12. The van der Waals surface area contributed by atoms with Gasteiger partial charge in [0.15, 0.2) is 22.3 Å². The van der Waals surface area contributed by atoms with Gasteiger partial charge in [0.25, 0.3) is 11.1 Å². The molecule has 0 bridgehead atoms. The molecule has 6 heterocycles. The first-order chi connectivity index (χ1) is 28.4. The largest absolute Gasteiger partial charge is 0.437 e. The normalized spacial score (nSPS) is 18.4. The molecule has 2 saturated carbocycles. The van der Waals surface area contributed by atoms with E-state index < -0.39 is 11.5 Å². The van der Waals surface area contributed by atoms with Crippen molar-refractivity contribution < 1.29 is 13.9 Å². The van der Waals surface area contributed by atoms with Gasteiger partial charge in [-0.05, 0) is 72.9 Å². The van der Waals surface area contributed by atoms with Crippen LogP contribution in [0.4, 0.5) is 0 Å². The molecule has 6 aromatic heterocycles. The molecular weight excluding hydrogens is 807 g/mol. The van der Waals surface area contributed by atoms with Gasteiger partial charge in [-0.15, -0.1) is 10.2 Å². The van der Waals surface area contributed by atoms with E-state index in [0.717, 1.165) is 36.3 Å². The summed E-state index contributed by atoms with van der Waals surface area (Å²) < 4.78 is 17.2. The van der Waals surface area contributed by atoms with Gasteiger partial charge >= 0.3 is 11.5 Å². The quantitative estimate of drug-likeness (QED) is 0.234. The number of halogens is 2. The van der Waals surface area contributed by atoms with Gasteiger partial charge in [-0.1, -0.05) is 47.5 Å². The summed E-state index contributed by atoms with van der Waals surface area (Å²) in [4.78, 5) is 64.1. The number of aliphatic hydroxyl groups excluding tert-OH is 1. The van der Waals surface area contributed by atoms with Gasteiger partial charge in [-0.2, -0.15) is 4.68 Å². The molecule has 8 aromatic rings. The zero-order chi connectivity index (χ0) is 41.4. The first-order valence-electron chi connectivity index (χ1n) is 18.4. The monoisotopic (exact) mass is 842 g/mol. The van der Waals surface area contributed by atoms with Crippen molar-refractivity contribution in [3.63, 3.8) is 0 Å². The van der Waals surface area contributed by atoms with Crippen LogP contribution in [0.25, 0.3) is 22.3 Å². The van der Waals surface area contributed by atoms with E-state index >= 15 is 0 Å². The van der Waals surface area contributed by atoms with Crippen molar-refractivity contribution >= 4 is 45.5 Å². The number of nitrogens with one attached hydrogen (secondary N) is 1. The molecule has 0 atom stereocenters. The van der Waals surface area contributed by atoms with Crippen molar-refractivity contribution in [2.45, 2.75) is 62.8 Å². The lowest BCUT2D eigenvalue weighted by molar-refractivity contribution is 0.0746. The number of nitrogens with zero attached hydrogens (tertiary/aromatic N) is 11. The van der Waals surface area contributed by atoms with Crippen molar-refractivity contribution in [2.75, 3.05) is 0 Å². The average Bonchev–Trinajstić information content (AvgIpc) is 3.96. The van der Waals surface area contributed by atoms with Crippen LogP contribution in [0.5, 0.6) is 0 Å². The van der Waals surface area contributed by atoms with Crippen LogP contribution >= 0.6 is 23.2 Å². The number of aryl methyl sites for hydroxylation is 2. The summed E-state index contributed by atoms with van der Waals surface area (Å²) in [5.41, 5.74) is 3.40. The van der Waals surface area contributed by atoms with Crippen LogP contribution in [0, 0.1) is 0 Å². The highest BCUT2D eigenvalue weighted by atomic mass is 35.5. The molecule has 0 spiro atoms. The molecule has 19 nitrogen and oxygen atoms in total. The first-order valence-corrected chi connectivity index (χ1v) is 19.2. The molecule has 0 unspecified atom stereocenters. The lowest BCUT2D eigenvalue weighted by atomic mass is 9.76. The lowest BCUT2D eigenvalue weighted by Gasteiger charge is -2.34. The number of aliphatic hydroxyl groups is 1. The molecule has 2 N–H and O–H groups in total. The maximum absolute atomic E-state index is 12.6. The second kappa shape index (κ2) is 16.4. The SMILES string of the molecule is Cn1cnc2ncn(Cc3n[nH]c(=O)o3)c(=O)c21.Cn1cnc2ncn(Cc3nn(C4CC(c5cccc(Cl)c5)C4)c(=O)o3)c(=O)c21.OC1CC(c2cccc(Cl)c2)C1. The Morgan fingerprint density at radius 3 is 1.71 bits per heavy atom. The number of hydrogen-bond acceptors (Lipinski definition) is 13. The Bertz CT molecular complexity index is 3020. The number of benzene rings is 2. The van der Waals surface area contributed by atoms with Crippen molar-refractivity contribution in [1.29, 1.82) is 0 Å². The number of hydrogen-bond donors (Lipinski definition) is 2. The van der Waals surface area contributed by atoms with E-state index in [1.165, 1.54) is 44.7 Å². The second-order valence-corrected chi connectivity index (χ2v) is 15.3. The van der Waals surface area contributed by atoms with Gasteiger partial charge in [-0.25, -0.2) is 34.6 Å². The molecule has 59 heavy (non-hydrogen) atoms. The standard InChI is InChI=1S/C19H17ClN6O3.C10H11ClO.C9H8N6O3/c1-24-9-21-17-16(24)18(27)25(10-22-17)8-15-23-26(19(28)29-15)14-6-12(7-14)11-3-2-4-13(20)5-11;11-9-3-1-2-7(4-9)8-5-10(12)6-8;1-14-3-10-7-6(14)8(16)15(4-11-7)2-5-12-13-9(17)18-5/h2-5,9-10,12,14H,6-8H2,1H3;1-4,8,10,12H,5-6H2;3-4H,2H2,1H3,(H,13,17). The number of rotatable bonds is 7. The summed E-state index contributed by atoms with van der Waals surface area (Å²) in [6, 6.07) is 15.6. The third-order valence-corrected chi connectivity index (χ3v) is 10.8. The molecule has 304 valence electrons. The Hall–Kier alpha value is -6.44. The van der Waals surface area contributed by atoms with Gasteiger partial charge in [0, 0.05) is 24.1 Å². The molecule has 2 aromatic carbocycles. The van der Waals surface area contributed by atoms with E-state index in [4.69, 9.17) is 37.1 Å². The lowest BCUT2D eigenvalue weighted by Crippen LogP contribution is -2.31. The van der Waals surface area contributed by atoms with Crippen LogP contribution in [0.1, 0.15) is 66.5 Å². The number of aromatic amines is 1. The average molecular weight is 844 g/mol. The minimum Gasteiger partial charge on any atom is -0.393 e. The van der Waals surface area contributed by atoms with E-state index in [2.05, 4.69) is 41.3 Å². The highest BCUT2D eigenvalue weighted by molar-refractivity contribution is 6.30. The van der Waals surface area contributed by atoms with Gasteiger partial charge in [0.2, 0.25) is 11.8 Å². The van der Waals surface area contributed by atoms with E-state index in [1.54, 1.807) is 23.2 Å². The second-order valence-electron chi connectivity index (χ2n) is 14.4. The Morgan fingerprint density at radius 2 is 1.22 bits per heavy atom. The van der Waals surface area contributed by atoms with Crippen LogP contribution in [-0.4, -0.2) is 69.4 Å². The Balaban J connectivity index is 0.000000137. The number of H-pyrrole nitrogens is 1. The molecule has 2 aliphatic carbocycles. The molecule has 0 saturated heterocycles. The van der Waals surface area contributed by atoms with Crippen LogP contribution in [0.15, 0.2) is 102 Å². The topological polar surface area (TPSA) is 233 Å². The predicted molar refractivity (Wildman–Crippen MR) is 214 cm³/mol. The summed E-state index contributed by atoms with van der Waals surface area (Å²) in [5.74, 6) is -0.0228. The fraction of sp³-hybridized carbons (Fsp3) is 0.316.